The fourth-order valence-electron chi connectivity index (χ4n) is 2.24. The van der Waals surface area contributed by atoms with Gasteiger partial charge in [-0.3, -0.25) is 18.8 Å². The molecule has 0 saturated carbocycles. The number of carbonyl (C=O) groups excluding carboxylic acids is 2. The van der Waals surface area contributed by atoms with Gasteiger partial charge in [0.1, 0.15) is 11.5 Å². The number of nitrogens with one attached hydrogen (secondary N) is 1. The van der Waals surface area contributed by atoms with E-state index in [0.717, 1.165) is 0 Å². The van der Waals surface area contributed by atoms with E-state index in [0.29, 0.717) is 16.5 Å². The summed E-state index contributed by atoms with van der Waals surface area (Å²) in [5, 5.41) is 3.56. The van der Waals surface area contributed by atoms with Gasteiger partial charge in [-0.05, 0) is 60.5 Å². The minimum atomic E-state index is -2.56. The third kappa shape index (κ3) is 5.75. The van der Waals surface area contributed by atoms with Crippen molar-refractivity contribution in [3.8, 4) is 11.5 Å². The zero-order valence-corrected chi connectivity index (χ0v) is 17.2. The first kappa shape index (κ1) is 21.8. The van der Waals surface area contributed by atoms with Gasteiger partial charge in [-0.25, -0.2) is 0 Å². The van der Waals surface area contributed by atoms with Gasteiger partial charge in [0.2, 0.25) is 0 Å². The van der Waals surface area contributed by atoms with Crippen molar-refractivity contribution >= 4 is 39.6 Å². The first-order chi connectivity index (χ1) is 13.3. The second kappa shape index (κ2) is 10.2. The molecule has 0 spiro atoms. The van der Waals surface area contributed by atoms with E-state index >= 15 is 0 Å². The Kier molecular flexibility index (Phi) is 7.91. The number of ether oxygens (including phenoxy) is 1. The van der Waals surface area contributed by atoms with Crippen LogP contribution in [-0.4, -0.2) is 45.3 Å². The van der Waals surface area contributed by atoms with Crippen LogP contribution < -0.4 is 10.1 Å². The molecule has 148 valence electrons. The largest absolute Gasteiger partial charge is 0.768 e. The van der Waals surface area contributed by atoms with Gasteiger partial charge in [0.25, 0.3) is 0 Å². The lowest BCUT2D eigenvalue weighted by atomic mass is 10.1. The van der Waals surface area contributed by atoms with E-state index in [-0.39, 0.29) is 33.5 Å². The molecular formula is C19H19N2O5S2-. The Labute approximate surface area is 169 Å². The Morgan fingerprint density at radius 2 is 1.82 bits per heavy atom. The van der Waals surface area contributed by atoms with Crippen LogP contribution in [0.1, 0.15) is 27.6 Å². The smallest absolute Gasteiger partial charge is 0.173 e. The van der Waals surface area contributed by atoms with Crippen LogP contribution in [0.25, 0.3) is 0 Å². The highest BCUT2D eigenvalue weighted by atomic mass is 32.2. The third-order valence-corrected chi connectivity index (χ3v) is 5.44. The predicted octanol–water partition coefficient (Wildman–Crippen LogP) is 3.04. The molecule has 9 heteroatoms. The topological polar surface area (TPSA) is 108 Å². The van der Waals surface area contributed by atoms with Crippen molar-refractivity contribution in [1.82, 2.24) is 5.32 Å². The highest BCUT2D eigenvalue weighted by molar-refractivity contribution is 8.14. The molecule has 0 aliphatic carbocycles. The predicted molar refractivity (Wildman–Crippen MR) is 109 cm³/mol. The van der Waals surface area contributed by atoms with Crippen LogP contribution >= 0.6 is 11.8 Å². The molecule has 0 aromatic heterocycles. The molecule has 1 atom stereocenters. The molecule has 0 aliphatic heterocycles. The number of thioether (sulfide) groups is 1. The number of hydrogen-bond acceptors (Lipinski definition) is 7. The molecule has 28 heavy (non-hydrogen) atoms. The van der Waals surface area contributed by atoms with Crippen molar-refractivity contribution in [3.05, 3.63) is 53.6 Å². The van der Waals surface area contributed by atoms with Gasteiger partial charge in [0, 0.05) is 25.2 Å². The maximum Gasteiger partial charge on any atom is 0.173 e. The van der Waals surface area contributed by atoms with Crippen LogP contribution in [0.5, 0.6) is 11.5 Å². The molecule has 1 unspecified atom stereocenters. The number of ketones is 2. The average molecular weight is 420 g/mol. The molecule has 2 aromatic rings. The second-order valence-electron chi connectivity index (χ2n) is 5.57. The molecule has 0 aliphatic rings. The first-order valence-electron chi connectivity index (χ1n) is 8.18. The van der Waals surface area contributed by atoms with Gasteiger partial charge >= 0.3 is 0 Å². The van der Waals surface area contributed by atoms with Crippen LogP contribution in [0.15, 0.2) is 52.4 Å². The number of aliphatic imine (C=N–C) groups is 1. The van der Waals surface area contributed by atoms with Gasteiger partial charge in [0.15, 0.2) is 16.7 Å². The summed E-state index contributed by atoms with van der Waals surface area (Å²) in [7, 11) is 3.37. The zero-order chi connectivity index (χ0) is 20.7. The van der Waals surface area contributed by atoms with Crippen LogP contribution in [-0.2, 0) is 11.1 Å². The number of benzene rings is 2. The molecule has 0 bridgehead atoms. The number of rotatable bonds is 7. The highest BCUT2D eigenvalue weighted by Gasteiger charge is 2.11. The van der Waals surface area contributed by atoms with Gasteiger partial charge in [-0.2, -0.15) is 0 Å². The van der Waals surface area contributed by atoms with Crippen LogP contribution in [0.2, 0.25) is 0 Å². The Morgan fingerprint density at radius 3 is 2.36 bits per heavy atom. The van der Waals surface area contributed by atoms with Gasteiger partial charge < -0.3 is 14.6 Å². The summed E-state index contributed by atoms with van der Waals surface area (Å²) in [5.41, 5.74) is 0.785. The third-order valence-electron chi connectivity index (χ3n) is 3.69. The average Bonchev–Trinajstić information content (AvgIpc) is 2.69. The molecule has 0 fully saturated rings. The number of nitrogens with zero attached hydrogens (tertiary/aromatic N) is 1. The minimum Gasteiger partial charge on any atom is -0.768 e. The minimum absolute atomic E-state index is 0.0693. The van der Waals surface area contributed by atoms with E-state index in [9.17, 15) is 18.4 Å². The lowest BCUT2D eigenvalue weighted by molar-refractivity contribution is 0.101. The standard InChI is InChI=1S/C19H20N2O5S2/c1-12(22)14-6-9-17(18(10-14)28(24)25)26-15-7-4-13(5-8-15)16(23)11-27-19(20-2)21-3/h4-10H,11H2,1-3H3,(H,20,21)(H,24,25)/p-1. The van der Waals surface area contributed by atoms with Crippen LogP contribution in [0, 0.1) is 0 Å². The van der Waals surface area contributed by atoms with Crippen molar-refractivity contribution in [2.75, 3.05) is 19.8 Å². The Bertz CT molecular complexity index is 926. The fourth-order valence-corrected chi connectivity index (χ4v) is 3.45. The number of amidine groups is 1. The summed E-state index contributed by atoms with van der Waals surface area (Å²) >= 11 is -1.26. The van der Waals surface area contributed by atoms with E-state index < -0.39 is 11.1 Å². The first-order valence-corrected chi connectivity index (χ1v) is 10.2. The van der Waals surface area contributed by atoms with Gasteiger partial charge in [0.05, 0.1) is 10.6 Å². The molecule has 0 saturated heterocycles. The monoisotopic (exact) mass is 419 g/mol. The lowest BCUT2D eigenvalue weighted by Gasteiger charge is -2.14. The zero-order valence-electron chi connectivity index (χ0n) is 15.6. The Morgan fingerprint density at radius 1 is 1.18 bits per heavy atom. The molecule has 0 radical (unpaired) electrons. The maximum atomic E-state index is 12.2. The molecule has 2 rings (SSSR count). The summed E-state index contributed by atoms with van der Waals surface area (Å²) in [5.74, 6) is 0.399. The molecule has 1 N–H and O–H groups in total. The molecule has 2 aromatic carbocycles. The normalized spacial score (nSPS) is 12.4. The van der Waals surface area contributed by atoms with Crippen molar-refractivity contribution in [3.63, 3.8) is 0 Å². The number of carbonyl (C=O) groups is 2. The van der Waals surface area contributed by atoms with Crippen molar-refractivity contribution < 1.29 is 23.1 Å². The summed E-state index contributed by atoms with van der Waals surface area (Å²) in [6.45, 7) is 1.35. The maximum absolute atomic E-state index is 12.2. The lowest BCUT2D eigenvalue weighted by Crippen LogP contribution is -2.16. The van der Waals surface area contributed by atoms with E-state index in [4.69, 9.17) is 4.74 Å². The molecule has 0 amide bonds. The van der Waals surface area contributed by atoms with Crippen molar-refractivity contribution in [1.29, 1.82) is 0 Å². The van der Waals surface area contributed by atoms with Crippen molar-refractivity contribution in [2.45, 2.75) is 11.8 Å². The summed E-state index contributed by atoms with van der Waals surface area (Å²) in [4.78, 5) is 27.6. The van der Waals surface area contributed by atoms with E-state index in [2.05, 4.69) is 10.3 Å². The van der Waals surface area contributed by atoms with Crippen molar-refractivity contribution in [2.24, 2.45) is 4.99 Å². The van der Waals surface area contributed by atoms with Crippen LogP contribution in [0.4, 0.5) is 0 Å². The van der Waals surface area contributed by atoms with Gasteiger partial charge in [-0.1, -0.05) is 11.8 Å². The van der Waals surface area contributed by atoms with E-state index in [1.54, 1.807) is 38.4 Å². The second-order valence-corrected chi connectivity index (χ2v) is 7.44. The SMILES string of the molecule is CN=C(NC)SCC(=O)c1ccc(Oc2ccc(C(C)=O)cc2S(=O)[O-])cc1. The summed E-state index contributed by atoms with van der Waals surface area (Å²) in [6, 6.07) is 10.6. The van der Waals surface area contributed by atoms with Crippen LogP contribution in [0.3, 0.4) is 0 Å². The van der Waals surface area contributed by atoms with Gasteiger partial charge in [-0.15, -0.1) is 0 Å². The fraction of sp³-hybridized carbons (Fsp3) is 0.211. The molecule has 0 heterocycles. The summed E-state index contributed by atoms with van der Waals surface area (Å²) < 4.78 is 28.5. The molecular weight excluding hydrogens is 400 g/mol. The Balaban J connectivity index is 2.13. The quantitative estimate of drug-likeness (QED) is 0.318. The summed E-state index contributed by atoms with van der Waals surface area (Å²) in [6.07, 6.45) is 0. The Hall–Kier alpha value is -2.49. The van der Waals surface area contributed by atoms with E-state index in [1.807, 2.05) is 0 Å². The number of hydrogen-bond donors (Lipinski definition) is 1. The number of Topliss-reactive ketones (excluding diaryl/α,β-unsaturated/α-hetero) is 2. The van der Waals surface area contributed by atoms with E-state index in [1.165, 1.54) is 36.9 Å². The highest BCUT2D eigenvalue weighted by Crippen LogP contribution is 2.29. The molecule has 7 nitrogen and oxygen atoms in total.